The third-order valence-corrected chi connectivity index (χ3v) is 3.99. The van der Waals surface area contributed by atoms with Crippen molar-refractivity contribution in [3.8, 4) is 0 Å². The van der Waals surface area contributed by atoms with Gasteiger partial charge in [-0.15, -0.1) is 0 Å². The van der Waals surface area contributed by atoms with Crippen LogP contribution in [0.1, 0.15) is 13.8 Å². The lowest BCUT2D eigenvalue weighted by Crippen LogP contribution is -2.22. The molecule has 0 N–H and O–H groups in total. The fourth-order valence-electron chi connectivity index (χ4n) is 1.95. The van der Waals surface area contributed by atoms with Crippen molar-refractivity contribution in [3.63, 3.8) is 0 Å². The number of rotatable bonds is 3. The second-order valence-corrected chi connectivity index (χ2v) is 6.26. The molecule has 1 fully saturated rings. The molecule has 0 bridgehead atoms. The fraction of sp³-hybridized carbons (Fsp3) is 0.462. The van der Waals surface area contributed by atoms with E-state index in [0.717, 1.165) is 16.9 Å². The van der Waals surface area contributed by atoms with Crippen molar-refractivity contribution in [2.75, 3.05) is 12.4 Å². The van der Waals surface area contributed by atoms with Gasteiger partial charge in [0, 0.05) is 10.8 Å². The molecule has 0 radical (unpaired) electrons. The van der Waals surface area contributed by atoms with E-state index in [1.54, 1.807) is 12.1 Å². The Morgan fingerprint density at radius 2 is 2.32 bits per heavy atom. The highest BCUT2D eigenvalue weighted by molar-refractivity contribution is 7.99. The topological polar surface area (TPSA) is 44.5 Å². The quantitative estimate of drug-likeness (QED) is 0.808. The molecule has 1 aromatic carbocycles. The number of aromatic nitrogens is 1. The highest BCUT2D eigenvalue weighted by Crippen LogP contribution is 2.29. The molecule has 1 atom stereocenters. The zero-order valence-corrected chi connectivity index (χ0v) is 12.3. The first-order valence-electron chi connectivity index (χ1n) is 6.02. The molecule has 4 nitrogen and oxygen atoms in total. The number of thioether (sulfide) groups is 1. The van der Waals surface area contributed by atoms with Crippen molar-refractivity contribution in [3.05, 3.63) is 23.2 Å². The number of fused-ring (bicyclic) bond motifs is 1. The minimum atomic E-state index is -0.486. The van der Waals surface area contributed by atoms with Crippen LogP contribution in [0.15, 0.2) is 27.8 Å². The Hall–Kier alpha value is -0.750. The second-order valence-electron chi connectivity index (χ2n) is 4.85. The molecular weight excluding hydrogens is 286 g/mol. The molecule has 2 heterocycles. The van der Waals surface area contributed by atoms with E-state index in [0.29, 0.717) is 16.9 Å². The molecular formula is C13H14ClNO3S. The summed E-state index contributed by atoms with van der Waals surface area (Å²) in [6.45, 7) is 4.43. The number of ether oxygens (including phenoxy) is 2. The van der Waals surface area contributed by atoms with Gasteiger partial charge in [-0.25, -0.2) is 4.98 Å². The highest BCUT2D eigenvalue weighted by Gasteiger charge is 2.32. The molecule has 1 unspecified atom stereocenters. The Morgan fingerprint density at radius 3 is 3.05 bits per heavy atom. The standard InChI is InChI=1S/C13H14ClNO3S/c1-13(2)16-6-9(18-13)7-19-12-15-10-5-8(14)3-4-11(10)17-12/h3-5,9H,6-7H2,1-2H3. The maximum absolute atomic E-state index is 5.91. The molecule has 0 saturated carbocycles. The summed E-state index contributed by atoms with van der Waals surface area (Å²) < 4.78 is 16.9. The van der Waals surface area contributed by atoms with Crippen molar-refractivity contribution in [2.24, 2.45) is 0 Å². The average molecular weight is 300 g/mol. The van der Waals surface area contributed by atoms with Gasteiger partial charge in [-0.2, -0.15) is 0 Å². The lowest BCUT2D eigenvalue weighted by Gasteiger charge is -2.16. The van der Waals surface area contributed by atoms with Crippen LogP contribution >= 0.6 is 23.4 Å². The Balaban J connectivity index is 1.66. The number of oxazole rings is 1. The summed E-state index contributed by atoms with van der Waals surface area (Å²) in [5, 5.41) is 1.29. The largest absolute Gasteiger partial charge is 0.431 e. The normalized spacial score (nSPS) is 22.2. The Bertz CT molecular complexity index is 599. The van der Waals surface area contributed by atoms with Gasteiger partial charge in [0.05, 0.1) is 12.7 Å². The Labute approximate surface area is 120 Å². The molecule has 1 aliphatic heterocycles. The van der Waals surface area contributed by atoms with E-state index < -0.39 is 5.79 Å². The summed E-state index contributed by atoms with van der Waals surface area (Å²) in [5.41, 5.74) is 1.52. The minimum absolute atomic E-state index is 0.0681. The zero-order chi connectivity index (χ0) is 13.5. The van der Waals surface area contributed by atoms with Crippen molar-refractivity contribution in [1.82, 2.24) is 4.98 Å². The van der Waals surface area contributed by atoms with Crippen molar-refractivity contribution in [1.29, 1.82) is 0 Å². The summed E-state index contributed by atoms with van der Waals surface area (Å²) in [5.74, 6) is 0.268. The summed E-state index contributed by atoms with van der Waals surface area (Å²) in [6.07, 6.45) is 0.0681. The molecule has 3 rings (SSSR count). The average Bonchev–Trinajstić information content (AvgIpc) is 2.89. The number of hydrogen-bond acceptors (Lipinski definition) is 5. The third kappa shape index (κ3) is 3.05. The van der Waals surface area contributed by atoms with Gasteiger partial charge in [0.1, 0.15) is 5.52 Å². The van der Waals surface area contributed by atoms with Crippen LogP contribution in [0.2, 0.25) is 5.02 Å². The van der Waals surface area contributed by atoms with Gasteiger partial charge in [-0.05, 0) is 32.0 Å². The van der Waals surface area contributed by atoms with Gasteiger partial charge < -0.3 is 13.9 Å². The van der Waals surface area contributed by atoms with E-state index in [-0.39, 0.29) is 6.10 Å². The van der Waals surface area contributed by atoms with Crippen LogP contribution in [0.3, 0.4) is 0 Å². The van der Waals surface area contributed by atoms with E-state index in [2.05, 4.69) is 4.98 Å². The van der Waals surface area contributed by atoms with Crippen LogP contribution < -0.4 is 0 Å². The van der Waals surface area contributed by atoms with E-state index in [1.165, 1.54) is 11.8 Å². The van der Waals surface area contributed by atoms with Crippen LogP contribution in [0.25, 0.3) is 11.1 Å². The number of nitrogens with zero attached hydrogens (tertiary/aromatic N) is 1. The van der Waals surface area contributed by atoms with Crippen LogP contribution in [-0.2, 0) is 9.47 Å². The summed E-state index contributed by atoms with van der Waals surface area (Å²) >= 11 is 7.44. The molecule has 0 spiro atoms. The van der Waals surface area contributed by atoms with E-state index in [1.807, 2.05) is 19.9 Å². The SMILES string of the molecule is CC1(C)OCC(CSc2nc3cc(Cl)ccc3o2)O1. The molecule has 1 aromatic heterocycles. The smallest absolute Gasteiger partial charge is 0.256 e. The van der Waals surface area contributed by atoms with Gasteiger partial charge in [0.15, 0.2) is 11.4 Å². The molecule has 0 aliphatic carbocycles. The number of benzene rings is 1. The maximum Gasteiger partial charge on any atom is 0.256 e. The maximum atomic E-state index is 5.91. The third-order valence-electron chi connectivity index (χ3n) is 2.79. The van der Waals surface area contributed by atoms with Crippen LogP contribution in [-0.4, -0.2) is 29.2 Å². The van der Waals surface area contributed by atoms with Crippen LogP contribution in [0.5, 0.6) is 0 Å². The van der Waals surface area contributed by atoms with Crippen molar-refractivity contribution >= 4 is 34.5 Å². The van der Waals surface area contributed by atoms with Gasteiger partial charge in [0.25, 0.3) is 5.22 Å². The first-order valence-corrected chi connectivity index (χ1v) is 7.39. The van der Waals surface area contributed by atoms with E-state index in [4.69, 9.17) is 25.5 Å². The van der Waals surface area contributed by atoms with Crippen molar-refractivity contribution in [2.45, 2.75) is 31.0 Å². The van der Waals surface area contributed by atoms with E-state index >= 15 is 0 Å². The molecule has 2 aromatic rings. The van der Waals surface area contributed by atoms with E-state index in [9.17, 15) is 0 Å². The Kier molecular flexibility index (Phi) is 3.47. The fourth-order valence-corrected chi connectivity index (χ4v) is 2.92. The highest BCUT2D eigenvalue weighted by atomic mass is 35.5. The predicted octanol–water partition coefficient (Wildman–Crippen LogP) is 3.72. The second kappa shape index (κ2) is 4.98. The molecule has 19 heavy (non-hydrogen) atoms. The summed E-state index contributed by atoms with van der Waals surface area (Å²) in [6, 6.07) is 5.41. The van der Waals surface area contributed by atoms with Gasteiger partial charge in [-0.1, -0.05) is 23.4 Å². The molecule has 6 heteroatoms. The monoisotopic (exact) mass is 299 g/mol. The summed E-state index contributed by atoms with van der Waals surface area (Å²) in [7, 11) is 0. The predicted molar refractivity (Wildman–Crippen MR) is 74.6 cm³/mol. The minimum Gasteiger partial charge on any atom is -0.431 e. The number of hydrogen-bond donors (Lipinski definition) is 0. The van der Waals surface area contributed by atoms with Gasteiger partial charge in [-0.3, -0.25) is 0 Å². The van der Waals surface area contributed by atoms with Crippen LogP contribution in [0, 0.1) is 0 Å². The lowest BCUT2D eigenvalue weighted by atomic mass is 10.3. The zero-order valence-electron chi connectivity index (χ0n) is 10.7. The van der Waals surface area contributed by atoms with Gasteiger partial charge in [0.2, 0.25) is 0 Å². The van der Waals surface area contributed by atoms with Crippen LogP contribution in [0.4, 0.5) is 0 Å². The first-order chi connectivity index (χ1) is 9.02. The van der Waals surface area contributed by atoms with Crippen molar-refractivity contribution < 1.29 is 13.9 Å². The number of halogens is 1. The van der Waals surface area contributed by atoms with Gasteiger partial charge >= 0.3 is 0 Å². The molecule has 1 saturated heterocycles. The first kappa shape index (κ1) is 13.2. The molecule has 0 amide bonds. The lowest BCUT2D eigenvalue weighted by molar-refractivity contribution is -0.135. The Morgan fingerprint density at radius 1 is 1.47 bits per heavy atom. The summed E-state index contributed by atoms with van der Waals surface area (Å²) in [4.78, 5) is 4.39. The molecule has 102 valence electrons. The molecule has 1 aliphatic rings.